The summed E-state index contributed by atoms with van der Waals surface area (Å²) in [5.41, 5.74) is 0.462. The number of ether oxygens (including phenoxy) is 1. The number of aromatic nitrogens is 3. The van der Waals surface area contributed by atoms with E-state index in [9.17, 15) is 22.8 Å². The first-order valence-electron chi connectivity index (χ1n) is 9.12. The summed E-state index contributed by atoms with van der Waals surface area (Å²) < 4.78 is 45.7. The Bertz CT molecular complexity index is 1120. The second-order valence-electron chi connectivity index (χ2n) is 6.79. The van der Waals surface area contributed by atoms with Gasteiger partial charge in [-0.1, -0.05) is 36.4 Å². The van der Waals surface area contributed by atoms with E-state index < -0.39 is 23.6 Å². The van der Waals surface area contributed by atoms with Gasteiger partial charge in [0.25, 0.3) is 0 Å². The van der Waals surface area contributed by atoms with E-state index in [0.29, 0.717) is 31.9 Å². The molecule has 0 fully saturated rings. The number of amides is 1. The summed E-state index contributed by atoms with van der Waals surface area (Å²) in [5, 5.41) is 6.03. The van der Waals surface area contributed by atoms with Gasteiger partial charge in [0, 0.05) is 24.7 Å². The molecule has 1 aliphatic rings. The Morgan fingerprint density at radius 1 is 1.10 bits per heavy atom. The predicted octanol–water partition coefficient (Wildman–Crippen LogP) is 2.65. The van der Waals surface area contributed by atoms with Gasteiger partial charge in [0.2, 0.25) is 11.7 Å². The van der Waals surface area contributed by atoms with E-state index in [1.54, 1.807) is 48.5 Å². The molecule has 0 saturated carbocycles. The van der Waals surface area contributed by atoms with E-state index in [1.807, 2.05) is 0 Å². The molecule has 30 heavy (non-hydrogen) atoms. The lowest BCUT2D eigenvalue weighted by Gasteiger charge is -2.27. The Labute approximate surface area is 168 Å². The Balaban J connectivity index is 1.53. The van der Waals surface area contributed by atoms with Crippen molar-refractivity contribution in [3.63, 3.8) is 0 Å². The molecule has 3 aromatic rings. The fourth-order valence-electron chi connectivity index (χ4n) is 3.46. The van der Waals surface area contributed by atoms with Crippen LogP contribution < -0.4 is 15.7 Å². The van der Waals surface area contributed by atoms with Gasteiger partial charge in [0.05, 0.1) is 12.5 Å². The molecule has 1 amide bonds. The number of hydrogen-bond acceptors (Lipinski definition) is 4. The van der Waals surface area contributed by atoms with E-state index in [4.69, 9.17) is 4.74 Å². The zero-order valence-corrected chi connectivity index (χ0v) is 15.8. The van der Waals surface area contributed by atoms with Gasteiger partial charge in [-0.2, -0.15) is 13.2 Å². The number of hydrogen-bond donors (Lipinski definition) is 1. The van der Waals surface area contributed by atoms with E-state index in [1.165, 1.54) is 0 Å². The number of fused-ring (bicyclic) bond motifs is 2. The number of rotatable bonds is 4. The van der Waals surface area contributed by atoms with Crippen LogP contribution in [0.3, 0.4) is 0 Å². The maximum Gasteiger partial charge on any atom is 0.451 e. The van der Waals surface area contributed by atoms with Crippen molar-refractivity contribution in [2.75, 3.05) is 6.54 Å². The minimum Gasteiger partial charge on any atom is -0.457 e. The van der Waals surface area contributed by atoms with Crippen LogP contribution in [0.4, 0.5) is 13.2 Å². The Morgan fingerprint density at radius 2 is 1.67 bits per heavy atom. The van der Waals surface area contributed by atoms with Gasteiger partial charge in [-0.05, 0) is 12.1 Å². The molecule has 10 heteroatoms. The SMILES string of the molecule is Cn1c(C(F)(F)F)nn(CCNC(=O)C2c3ccccc3Oc3ccccc32)c1=O. The molecule has 0 atom stereocenters. The predicted molar refractivity (Wildman–Crippen MR) is 100 cm³/mol. The number of nitrogens with zero attached hydrogens (tertiary/aromatic N) is 3. The summed E-state index contributed by atoms with van der Waals surface area (Å²) in [5.74, 6) is -1.15. The third-order valence-corrected chi connectivity index (χ3v) is 4.86. The van der Waals surface area contributed by atoms with Crippen molar-refractivity contribution in [3.05, 3.63) is 76.0 Å². The number of carbonyl (C=O) groups is 1. The van der Waals surface area contributed by atoms with Crippen molar-refractivity contribution in [2.45, 2.75) is 18.6 Å². The quantitative estimate of drug-likeness (QED) is 0.707. The second kappa shape index (κ2) is 7.36. The number of para-hydroxylation sites is 2. The van der Waals surface area contributed by atoms with Crippen LogP contribution in [-0.4, -0.2) is 26.8 Å². The zero-order valence-electron chi connectivity index (χ0n) is 15.8. The Morgan fingerprint density at radius 3 is 2.20 bits per heavy atom. The van der Waals surface area contributed by atoms with Crippen LogP contribution in [0, 0.1) is 0 Å². The zero-order chi connectivity index (χ0) is 21.5. The van der Waals surface area contributed by atoms with Crippen LogP contribution in [0.25, 0.3) is 0 Å². The van der Waals surface area contributed by atoms with Crippen molar-refractivity contribution >= 4 is 5.91 Å². The highest BCUT2D eigenvalue weighted by Gasteiger charge is 2.38. The minimum atomic E-state index is -4.74. The van der Waals surface area contributed by atoms with Crippen LogP contribution in [0.5, 0.6) is 11.5 Å². The Kier molecular flexibility index (Phi) is 4.84. The molecule has 0 saturated heterocycles. The molecule has 7 nitrogen and oxygen atoms in total. The van der Waals surface area contributed by atoms with Crippen LogP contribution in [0.15, 0.2) is 53.3 Å². The molecule has 0 radical (unpaired) electrons. The van der Waals surface area contributed by atoms with Crippen LogP contribution in [0.2, 0.25) is 0 Å². The molecule has 0 unspecified atom stereocenters. The number of carbonyl (C=O) groups excluding carboxylic acids is 1. The lowest BCUT2D eigenvalue weighted by atomic mass is 9.87. The Hall–Kier alpha value is -3.56. The molecule has 156 valence electrons. The summed E-state index contributed by atoms with van der Waals surface area (Å²) in [7, 11) is 1.00. The summed E-state index contributed by atoms with van der Waals surface area (Å²) in [4.78, 5) is 24.9. The topological polar surface area (TPSA) is 78.2 Å². The number of alkyl halides is 3. The van der Waals surface area contributed by atoms with E-state index in [-0.39, 0.29) is 19.0 Å². The van der Waals surface area contributed by atoms with Gasteiger partial charge in [0.1, 0.15) is 11.5 Å². The molecule has 0 bridgehead atoms. The highest BCUT2D eigenvalue weighted by Crippen LogP contribution is 2.43. The second-order valence-corrected chi connectivity index (χ2v) is 6.79. The smallest absolute Gasteiger partial charge is 0.451 e. The molecule has 1 aromatic heterocycles. The lowest BCUT2D eigenvalue weighted by molar-refractivity contribution is -0.147. The first-order chi connectivity index (χ1) is 14.3. The molecule has 1 aliphatic heterocycles. The molecule has 1 N–H and O–H groups in total. The number of benzene rings is 2. The molecular weight excluding hydrogens is 401 g/mol. The summed E-state index contributed by atoms with van der Waals surface area (Å²) in [6.07, 6.45) is -4.74. The third-order valence-electron chi connectivity index (χ3n) is 4.86. The van der Waals surface area contributed by atoms with Gasteiger partial charge < -0.3 is 10.1 Å². The normalized spacial score (nSPS) is 13.3. The molecule has 4 rings (SSSR count). The maximum absolute atomic E-state index is 13.0. The van der Waals surface area contributed by atoms with Crippen LogP contribution in [-0.2, 0) is 24.6 Å². The molecule has 0 aliphatic carbocycles. The average Bonchev–Trinajstić information content (AvgIpc) is 3.00. The molecule has 2 heterocycles. The van der Waals surface area contributed by atoms with Gasteiger partial charge in [0.15, 0.2) is 0 Å². The maximum atomic E-state index is 13.0. The van der Waals surface area contributed by atoms with Crippen LogP contribution in [0.1, 0.15) is 22.9 Å². The van der Waals surface area contributed by atoms with Gasteiger partial charge >= 0.3 is 11.9 Å². The molecule has 2 aromatic carbocycles. The highest BCUT2D eigenvalue weighted by atomic mass is 19.4. The lowest BCUT2D eigenvalue weighted by Crippen LogP contribution is -2.35. The molecular formula is C20H17F3N4O3. The van der Waals surface area contributed by atoms with Crippen molar-refractivity contribution in [1.29, 1.82) is 0 Å². The first kappa shape index (κ1) is 19.7. The summed E-state index contributed by atoms with van der Waals surface area (Å²) >= 11 is 0. The first-order valence-corrected chi connectivity index (χ1v) is 9.12. The largest absolute Gasteiger partial charge is 0.457 e. The van der Waals surface area contributed by atoms with Gasteiger partial charge in [-0.25, -0.2) is 9.48 Å². The molecule has 0 spiro atoms. The fraction of sp³-hybridized carbons (Fsp3) is 0.250. The van der Waals surface area contributed by atoms with Gasteiger partial charge in [-0.3, -0.25) is 9.36 Å². The van der Waals surface area contributed by atoms with Crippen molar-refractivity contribution in [3.8, 4) is 11.5 Å². The van der Waals surface area contributed by atoms with Crippen molar-refractivity contribution < 1.29 is 22.7 Å². The summed E-state index contributed by atoms with van der Waals surface area (Å²) in [6, 6.07) is 14.3. The van der Waals surface area contributed by atoms with Crippen molar-refractivity contribution in [2.24, 2.45) is 7.05 Å². The average molecular weight is 418 g/mol. The van der Waals surface area contributed by atoms with E-state index in [0.717, 1.165) is 7.05 Å². The number of halogens is 3. The number of nitrogens with one attached hydrogen (secondary N) is 1. The minimum absolute atomic E-state index is 0.0608. The highest BCUT2D eigenvalue weighted by molar-refractivity contribution is 5.89. The monoisotopic (exact) mass is 418 g/mol. The standard InChI is InChI=1S/C20H17F3N4O3/c1-26-18(20(21,22)23)25-27(19(26)29)11-10-24-17(28)16-12-6-2-4-8-14(12)30-15-9-5-3-7-13(15)16/h2-9,16H,10-11H2,1H3,(H,24,28). The fourth-order valence-corrected chi connectivity index (χ4v) is 3.46. The van der Waals surface area contributed by atoms with E-state index >= 15 is 0 Å². The summed E-state index contributed by atoms with van der Waals surface area (Å²) in [6.45, 7) is -0.254. The third kappa shape index (κ3) is 3.44. The van der Waals surface area contributed by atoms with Crippen molar-refractivity contribution in [1.82, 2.24) is 19.7 Å². The van der Waals surface area contributed by atoms with Crippen LogP contribution >= 0.6 is 0 Å². The van der Waals surface area contributed by atoms with E-state index in [2.05, 4.69) is 10.4 Å². The van der Waals surface area contributed by atoms with Gasteiger partial charge in [-0.15, -0.1) is 5.10 Å².